The summed E-state index contributed by atoms with van der Waals surface area (Å²) in [4.78, 5) is 18.9. The van der Waals surface area contributed by atoms with Crippen LogP contribution in [-0.2, 0) is 63.6 Å². The minimum Gasteiger partial charge on any atom is -0.394 e. The van der Waals surface area contributed by atoms with E-state index in [1.54, 1.807) is 0 Å². The van der Waals surface area contributed by atoms with Crippen LogP contribution in [0.2, 0.25) is 0 Å². The van der Waals surface area contributed by atoms with E-state index in [2.05, 4.69) is 34.2 Å². The molecule has 5 rings (SSSR count). The van der Waals surface area contributed by atoms with Crippen molar-refractivity contribution in [3.8, 4) is 0 Å². The summed E-state index contributed by atoms with van der Waals surface area (Å²) in [5.74, 6) is 0. The lowest BCUT2D eigenvalue weighted by Gasteiger charge is -2.11. The molecule has 0 amide bonds. The Labute approximate surface area is 472 Å². The summed E-state index contributed by atoms with van der Waals surface area (Å²) in [5, 5.41) is 76.5. The lowest BCUT2D eigenvalue weighted by atomic mass is 9.94. The predicted octanol–water partition coefficient (Wildman–Crippen LogP) is 5.06. The quantitative estimate of drug-likeness (QED) is 0.0331. The summed E-state index contributed by atoms with van der Waals surface area (Å²) < 4.78 is 46.5. The van der Waals surface area contributed by atoms with E-state index in [1.165, 1.54) is 0 Å². The van der Waals surface area contributed by atoms with Crippen molar-refractivity contribution in [3.63, 3.8) is 0 Å². The van der Waals surface area contributed by atoms with Crippen molar-refractivity contribution in [1.82, 2.24) is 19.9 Å². The number of aromatic amines is 2. The zero-order valence-electron chi connectivity index (χ0n) is 47.3. The van der Waals surface area contributed by atoms with Gasteiger partial charge in [0.1, 0.15) is 0 Å². The van der Waals surface area contributed by atoms with Crippen LogP contribution in [0.1, 0.15) is 122 Å². The van der Waals surface area contributed by atoms with Gasteiger partial charge in [-0.15, -0.1) is 0 Å². The fraction of sp³-hybridized carbons (Fsp3) is 0.667. The Morgan fingerprint density at radius 2 is 0.450 bits per heavy atom. The lowest BCUT2D eigenvalue weighted by molar-refractivity contribution is 0.0903. The summed E-state index contributed by atoms with van der Waals surface area (Å²) in [7, 11) is 0. The van der Waals surface area contributed by atoms with Crippen LogP contribution in [-0.4, -0.2) is 219 Å². The van der Waals surface area contributed by atoms with Crippen molar-refractivity contribution in [2.24, 2.45) is 0 Å². The number of H-pyrrole nitrogens is 2. The van der Waals surface area contributed by atoms with E-state index in [-0.39, 0.29) is 106 Å². The van der Waals surface area contributed by atoms with Crippen LogP contribution in [0.25, 0.3) is 44.4 Å². The summed E-state index contributed by atoms with van der Waals surface area (Å²) in [6.45, 7) is 4.90. The number of aromatic nitrogens is 4. The first-order valence-corrected chi connectivity index (χ1v) is 29.2. The summed E-state index contributed by atoms with van der Waals surface area (Å²) in [6.07, 6.45) is 10.6. The monoisotopic (exact) mass is 1130 g/mol. The summed E-state index contributed by atoms with van der Waals surface area (Å²) >= 11 is 0. The number of nitrogens with one attached hydrogen (secondary N) is 2. The highest BCUT2D eigenvalue weighted by atomic mass is 16.5. The molecule has 5 heterocycles. The molecule has 10 N–H and O–H groups in total. The molecule has 450 valence electrons. The van der Waals surface area contributed by atoms with Gasteiger partial charge < -0.3 is 88.7 Å². The Balaban J connectivity index is 1.94. The van der Waals surface area contributed by atoms with Gasteiger partial charge in [0.2, 0.25) is 0 Å². The molecule has 0 aromatic carbocycles. The van der Waals surface area contributed by atoms with Crippen molar-refractivity contribution in [1.29, 1.82) is 0 Å². The van der Waals surface area contributed by atoms with Crippen LogP contribution in [0.15, 0.2) is 24.3 Å². The summed E-state index contributed by atoms with van der Waals surface area (Å²) in [6, 6.07) is 8.66. The second-order valence-electron chi connectivity index (χ2n) is 19.6. The molecule has 3 aromatic heterocycles. The molecule has 8 bridgehead atoms. The van der Waals surface area contributed by atoms with E-state index in [1.807, 2.05) is 0 Å². The van der Waals surface area contributed by atoms with Crippen molar-refractivity contribution in [2.45, 2.75) is 103 Å². The molecule has 20 heteroatoms. The van der Waals surface area contributed by atoms with Gasteiger partial charge in [0.15, 0.2) is 0 Å². The molecule has 2 aliphatic rings. The first kappa shape index (κ1) is 66.8. The molecular weight excluding hydrogens is 1030 g/mol. The number of aliphatic hydroxyl groups is 8. The highest BCUT2D eigenvalue weighted by Crippen LogP contribution is 2.41. The zero-order chi connectivity index (χ0) is 56.8. The Bertz CT molecular complexity index is 2260. The number of hydrogen-bond acceptors (Lipinski definition) is 18. The van der Waals surface area contributed by atoms with Crippen molar-refractivity contribution < 1.29 is 78.7 Å². The molecule has 2 aliphatic heterocycles. The zero-order valence-corrected chi connectivity index (χ0v) is 47.3. The number of aryl methyl sites for hydroxylation is 4. The minimum absolute atomic E-state index is 0.0689. The van der Waals surface area contributed by atoms with Gasteiger partial charge in [-0.1, -0.05) is 0 Å². The average molecular weight is 1130 g/mol. The standard InChI is InChI=1S/C60H94N4O16/c65-17-33-73-25-1-9-45-46(10-2-26-74-34-18-66)54-42-56-49(13-5-29-77-37-21-69)50(14-6-30-78-38-22-70)58(63-56)44-60-52(16-8-32-80-40-24-72)51(15-7-31-79-39-23-71)59(64-60)43-57-48(12-4-28-76-36-20-68)47(11-3-27-75-35-19-67)55(62-57)41-53(45)61-54/h41-44,61-62,65-72H,1-40H2. The van der Waals surface area contributed by atoms with Crippen LogP contribution in [0.3, 0.4) is 0 Å². The molecule has 0 atom stereocenters. The Morgan fingerprint density at radius 1 is 0.250 bits per heavy atom. The fourth-order valence-corrected chi connectivity index (χ4v) is 10.3. The van der Waals surface area contributed by atoms with E-state index in [0.717, 1.165) is 89.4 Å². The highest BCUT2D eigenvalue weighted by molar-refractivity contribution is 5.96. The molecule has 80 heavy (non-hydrogen) atoms. The van der Waals surface area contributed by atoms with E-state index < -0.39 is 0 Å². The topological polar surface area (TPSA) is 293 Å². The Hall–Kier alpha value is -4.04. The second-order valence-corrected chi connectivity index (χ2v) is 19.6. The Morgan fingerprint density at radius 3 is 0.675 bits per heavy atom. The van der Waals surface area contributed by atoms with Gasteiger partial charge in [-0.05, 0) is 172 Å². The maximum Gasteiger partial charge on any atom is 0.0697 e. The molecule has 0 aliphatic carbocycles. The Kier molecular flexibility index (Phi) is 34.2. The average Bonchev–Trinajstić information content (AvgIpc) is 4.22. The molecule has 0 unspecified atom stereocenters. The predicted molar refractivity (Wildman–Crippen MR) is 308 cm³/mol. The fourth-order valence-electron chi connectivity index (χ4n) is 10.3. The number of rotatable bonds is 48. The van der Waals surface area contributed by atoms with Gasteiger partial charge >= 0.3 is 0 Å². The number of allylic oxidation sites excluding steroid dienone is 4. The van der Waals surface area contributed by atoms with Crippen LogP contribution in [0.5, 0.6) is 0 Å². The SMILES string of the molecule is OCCOCCCC1=C(CCCOCCO)c2cc3[nH]c(cc4[nH]c(cc5nc(cc1n2)C(CCCOCCO)=C5CCCOCCO)c(CCCOCCO)c4CCCOCCO)c(CCCOCCO)c3CCCOCCO. The number of ether oxygens (including phenoxy) is 8. The number of aliphatic hydroxyl groups excluding tert-OH is 8. The third kappa shape index (κ3) is 22.6. The van der Waals surface area contributed by atoms with E-state index >= 15 is 0 Å². The molecule has 0 spiro atoms. The van der Waals surface area contributed by atoms with Crippen molar-refractivity contribution >= 4 is 44.4 Å². The molecule has 0 fully saturated rings. The first-order valence-electron chi connectivity index (χ1n) is 29.2. The summed E-state index contributed by atoms with van der Waals surface area (Å²) in [5.41, 5.74) is 15.5. The highest BCUT2D eigenvalue weighted by Gasteiger charge is 2.26. The van der Waals surface area contributed by atoms with E-state index in [4.69, 9.17) is 47.9 Å². The molecule has 0 radical (unpaired) electrons. The van der Waals surface area contributed by atoms with Gasteiger partial charge in [-0.25, -0.2) is 9.97 Å². The molecule has 0 saturated carbocycles. The molecular formula is C60H94N4O16. The maximum atomic E-state index is 9.57. The van der Waals surface area contributed by atoms with Gasteiger partial charge in [0.05, 0.1) is 128 Å². The van der Waals surface area contributed by atoms with Crippen molar-refractivity contribution in [3.05, 3.63) is 69.3 Å². The third-order valence-corrected chi connectivity index (χ3v) is 13.7. The first-order chi connectivity index (χ1) is 39.5. The van der Waals surface area contributed by atoms with E-state index in [9.17, 15) is 40.9 Å². The van der Waals surface area contributed by atoms with E-state index in [0.29, 0.717) is 156 Å². The van der Waals surface area contributed by atoms with Gasteiger partial charge in [0, 0.05) is 74.9 Å². The largest absolute Gasteiger partial charge is 0.394 e. The molecule has 3 aromatic rings. The number of hydrogen-bond donors (Lipinski definition) is 10. The van der Waals surface area contributed by atoms with Crippen LogP contribution < -0.4 is 0 Å². The van der Waals surface area contributed by atoms with Crippen LogP contribution in [0.4, 0.5) is 0 Å². The van der Waals surface area contributed by atoms with Crippen LogP contribution >= 0.6 is 0 Å². The minimum atomic E-state index is -0.0735. The van der Waals surface area contributed by atoms with Gasteiger partial charge in [-0.3, -0.25) is 0 Å². The molecule has 0 saturated heterocycles. The molecule has 20 nitrogen and oxygen atoms in total. The van der Waals surface area contributed by atoms with Crippen LogP contribution in [0, 0.1) is 0 Å². The van der Waals surface area contributed by atoms with Gasteiger partial charge in [0.25, 0.3) is 0 Å². The second kappa shape index (κ2) is 41.0. The van der Waals surface area contributed by atoms with Crippen molar-refractivity contribution in [2.75, 3.05) is 159 Å². The smallest absolute Gasteiger partial charge is 0.0697 e. The van der Waals surface area contributed by atoms with Gasteiger partial charge in [-0.2, -0.15) is 0 Å². The number of fused-ring (bicyclic) bond motifs is 8. The maximum absolute atomic E-state index is 9.57. The third-order valence-electron chi connectivity index (χ3n) is 13.7. The normalized spacial score (nSPS) is 12.8. The lowest BCUT2D eigenvalue weighted by Crippen LogP contribution is -2.04. The number of nitrogens with zero attached hydrogens (tertiary/aromatic N) is 2.